The van der Waals surface area contributed by atoms with Crippen molar-refractivity contribution in [2.75, 3.05) is 0 Å². The number of allylic oxidation sites excluding steroid dienone is 1. The van der Waals surface area contributed by atoms with Gasteiger partial charge in [-0.3, -0.25) is 0 Å². The van der Waals surface area contributed by atoms with Gasteiger partial charge in [0, 0.05) is 5.41 Å². The van der Waals surface area contributed by atoms with E-state index in [0.29, 0.717) is 0 Å². The molecule has 1 aliphatic rings. The van der Waals surface area contributed by atoms with E-state index in [1.54, 1.807) is 0 Å². The lowest BCUT2D eigenvalue weighted by Crippen LogP contribution is -2.23. The number of rotatable bonds is 6. The first kappa shape index (κ1) is 40.9. The van der Waals surface area contributed by atoms with Gasteiger partial charge in [-0.15, -0.1) is 0 Å². The second-order valence-electron chi connectivity index (χ2n) is 15.9. The molecule has 0 aliphatic heterocycles. The Hall–Kier alpha value is -6.24. The van der Waals surface area contributed by atoms with Gasteiger partial charge in [0.2, 0.25) is 0 Å². The third-order valence-electron chi connectivity index (χ3n) is 12.1. The third-order valence-corrected chi connectivity index (χ3v) is 12.1. The maximum absolute atomic E-state index is 2.41. The van der Waals surface area contributed by atoms with E-state index < -0.39 is 0 Å². The molecule has 0 saturated carbocycles. The molecule has 0 nitrogen and oxygen atoms in total. The highest BCUT2D eigenvalue weighted by Gasteiger charge is 2.34. The lowest BCUT2D eigenvalue weighted by atomic mass is 9.82. The fourth-order valence-corrected chi connectivity index (χ4v) is 8.98. The molecule has 59 heavy (non-hydrogen) atoms. The fourth-order valence-electron chi connectivity index (χ4n) is 8.98. The van der Waals surface area contributed by atoms with Gasteiger partial charge in [-0.1, -0.05) is 211 Å². The normalized spacial score (nSPS) is 13.3. The van der Waals surface area contributed by atoms with Crippen LogP contribution in [-0.2, 0) is 18.3 Å². The lowest BCUT2D eigenvalue weighted by Gasteiger charge is -2.20. The highest BCUT2D eigenvalue weighted by Crippen LogP contribution is 2.48. The smallest absolute Gasteiger partial charge is 0.0158 e. The Balaban J connectivity index is 0.000000257. The molecule has 8 aromatic rings. The standard InChI is InChI=1S/C42H38.C15H14.C2H6/c1-5-32-15-7-9-17-34(32)23-22-31-14-13-19-37(27-31)42-40-21-12-11-20-38(40)30(4)39-25-24-35(28-41(39)42)29(3)26-36-18-10-8-16-33(36)6-2;1-15(2)13-9-5-3-7-11(13)12-8-4-6-10-14(12)15;1-2/h5,7-21,23-28H,6,22H2,1-4H3;3-10H,1-2H3;1-2H3/b29-26+,32-5-,34-23-;;. The minimum atomic E-state index is 0.160. The van der Waals surface area contributed by atoms with Crippen LogP contribution in [0.2, 0.25) is 0 Å². The van der Waals surface area contributed by atoms with E-state index in [1.807, 2.05) is 13.8 Å². The average molecular weight is 767 g/mol. The topological polar surface area (TPSA) is 0 Å². The van der Waals surface area contributed by atoms with Crippen LogP contribution in [0.1, 0.15) is 87.4 Å². The van der Waals surface area contributed by atoms with Crippen molar-refractivity contribution in [1.82, 2.24) is 0 Å². The molecule has 294 valence electrons. The van der Waals surface area contributed by atoms with E-state index in [0.717, 1.165) is 12.8 Å². The van der Waals surface area contributed by atoms with E-state index >= 15 is 0 Å². The zero-order valence-electron chi connectivity index (χ0n) is 36.2. The quantitative estimate of drug-likeness (QED) is 0.117. The van der Waals surface area contributed by atoms with Crippen LogP contribution in [0.5, 0.6) is 0 Å². The number of hydrogen-bond acceptors (Lipinski definition) is 0. The second-order valence-corrected chi connectivity index (χ2v) is 15.9. The molecule has 0 aromatic heterocycles. The minimum Gasteiger partial charge on any atom is -0.0798 e. The number of fused-ring (bicyclic) bond motifs is 5. The Labute approximate surface area is 352 Å². The van der Waals surface area contributed by atoms with E-state index in [4.69, 9.17) is 0 Å². The summed E-state index contributed by atoms with van der Waals surface area (Å²) >= 11 is 0. The van der Waals surface area contributed by atoms with Crippen LogP contribution in [0.25, 0.3) is 67.6 Å². The molecule has 0 atom stereocenters. The lowest BCUT2D eigenvalue weighted by molar-refractivity contribution is 0.660. The predicted molar refractivity (Wildman–Crippen MR) is 260 cm³/mol. The van der Waals surface area contributed by atoms with Crippen molar-refractivity contribution < 1.29 is 0 Å². The van der Waals surface area contributed by atoms with E-state index in [9.17, 15) is 0 Å². The number of aryl methyl sites for hydroxylation is 2. The Bertz CT molecular complexity index is 2870. The molecule has 0 radical (unpaired) electrons. The summed E-state index contributed by atoms with van der Waals surface area (Å²) < 4.78 is 0. The molecule has 0 heterocycles. The molecule has 0 bridgehead atoms. The van der Waals surface area contributed by atoms with Crippen molar-refractivity contribution in [3.05, 3.63) is 213 Å². The van der Waals surface area contributed by atoms with E-state index in [2.05, 4.69) is 224 Å². The maximum Gasteiger partial charge on any atom is 0.0158 e. The van der Waals surface area contributed by atoms with Crippen molar-refractivity contribution in [1.29, 1.82) is 0 Å². The Morgan fingerprint density at radius 1 is 0.576 bits per heavy atom. The van der Waals surface area contributed by atoms with Crippen molar-refractivity contribution in [3.8, 4) is 22.3 Å². The number of hydrogen-bond donors (Lipinski definition) is 0. The van der Waals surface area contributed by atoms with E-state index in [1.165, 1.54) is 98.8 Å². The zero-order chi connectivity index (χ0) is 41.5. The van der Waals surface area contributed by atoms with Gasteiger partial charge in [-0.2, -0.15) is 0 Å². The number of benzene rings is 8. The van der Waals surface area contributed by atoms with Gasteiger partial charge in [0.15, 0.2) is 0 Å². The van der Waals surface area contributed by atoms with Gasteiger partial charge in [0.1, 0.15) is 0 Å². The summed E-state index contributed by atoms with van der Waals surface area (Å²) in [5, 5.41) is 7.83. The van der Waals surface area contributed by atoms with Gasteiger partial charge < -0.3 is 0 Å². The monoisotopic (exact) mass is 766 g/mol. The summed E-state index contributed by atoms with van der Waals surface area (Å²) in [6, 6.07) is 59.8. The minimum absolute atomic E-state index is 0.160. The summed E-state index contributed by atoms with van der Waals surface area (Å²) in [6.45, 7) is 17.4. The Kier molecular flexibility index (Phi) is 12.6. The first-order chi connectivity index (χ1) is 28.8. The zero-order valence-corrected chi connectivity index (χ0v) is 36.2. The van der Waals surface area contributed by atoms with Crippen LogP contribution in [0.3, 0.4) is 0 Å². The molecule has 0 heteroatoms. The van der Waals surface area contributed by atoms with Crippen LogP contribution < -0.4 is 10.4 Å². The molecular formula is C59H58. The molecule has 0 unspecified atom stereocenters. The molecule has 9 rings (SSSR count). The molecular weight excluding hydrogens is 709 g/mol. The van der Waals surface area contributed by atoms with Crippen LogP contribution in [-0.4, -0.2) is 0 Å². The molecule has 8 aromatic carbocycles. The second kappa shape index (κ2) is 18.1. The summed E-state index contributed by atoms with van der Waals surface area (Å²) in [7, 11) is 0. The van der Waals surface area contributed by atoms with Gasteiger partial charge in [-0.05, 0) is 138 Å². The van der Waals surface area contributed by atoms with Crippen molar-refractivity contribution in [2.45, 2.75) is 73.6 Å². The summed E-state index contributed by atoms with van der Waals surface area (Å²) in [4.78, 5) is 0. The van der Waals surface area contributed by atoms with Crippen LogP contribution >= 0.6 is 0 Å². The van der Waals surface area contributed by atoms with Crippen LogP contribution in [0, 0.1) is 6.92 Å². The molecule has 0 spiro atoms. The van der Waals surface area contributed by atoms with Gasteiger partial charge in [0.05, 0.1) is 0 Å². The van der Waals surface area contributed by atoms with Gasteiger partial charge >= 0.3 is 0 Å². The third kappa shape index (κ3) is 8.23. The molecule has 0 N–H and O–H groups in total. The highest BCUT2D eigenvalue weighted by atomic mass is 14.4. The first-order valence-electron chi connectivity index (χ1n) is 21.5. The summed E-state index contributed by atoms with van der Waals surface area (Å²) in [5.41, 5.74) is 16.3. The van der Waals surface area contributed by atoms with Crippen molar-refractivity contribution >= 4 is 45.3 Å². The van der Waals surface area contributed by atoms with E-state index in [-0.39, 0.29) is 5.41 Å². The van der Waals surface area contributed by atoms with Crippen LogP contribution in [0.15, 0.2) is 164 Å². The van der Waals surface area contributed by atoms with Crippen LogP contribution in [0.4, 0.5) is 0 Å². The Morgan fingerprint density at radius 3 is 1.86 bits per heavy atom. The van der Waals surface area contributed by atoms with Gasteiger partial charge in [0.25, 0.3) is 0 Å². The molecule has 0 amide bonds. The Morgan fingerprint density at radius 2 is 1.17 bits per heavy atom. The van der Waals surface area contributed by atoms with Gasteiger partial charge in [-0.25, -0.2) is 0 Å². The van der Waals surface area contributed by atoms with Crippen molar-refractivity contribution in [3.63, 3.8) is 0 Å². The first-order valence-corrected chi connectivity index (χ1v) is 21.5. The summed E-state index contributed by atoms with van der Waals surface area (Å²) in [6.07, 6.45) is 8.80. The predicted octanol–water partition coefficient (Wildman–Crippen LogP) is 14.9. The molecule has 0 fully saturated rings. The SMILES string of the molecule is C/C=c1/cccc/c1=C/Cc1cccc(-c2c3ccccc3c(C)c3ccc(/C(C)=C/c4ccccc4CC)cc23)c1.CC.CC1(C)c2ccccc2-c2ccccc21. The van der Waals surface area contributed by atoms with Crippen molar-refractivity contribution in [2.24, 2.45) is 0 Å². The highest BCUT2D eigenvalue weighted by molar-refractivity contribution is 6.15. The molecule has 0 saturated heterocycles. The summed E-state index contributed by atoms with van der Waals surface area (Å²) in [5.74, 6) is 0. The average Bonchev–Trinajstić information content (AvgIpc) is 3.52. The maximum atomic E-state index is 2.41. The fraction of sp³-hybridized carbons (Fsp3) is 0.186. The largest absolute Gasteiger partial charge is 0.0798 e. The molecule has 1 aliphatic carbocycles.